The van der Waals surface area contributed by atoms with E-state index in [1.54, 1.807) is 6.20 Å². The second kappa shape index (κ2) is 2.40. The van der Waals surface area contributed by atoms with E-state index in [2.05, 4.69) is 16.3 Å². The van der Waals surface area contributed by atoms with Crippen LogP contribution in [0.5, 0.6) is 0 Å². The molecule has 1 aromatic rings. The molecule has 0 bridgehead atoms. The van der Waals surface area contributed by atoms with Crippen molar-refractivity contribution in [3.05, 3.63) is 17.5 Å². The molecule has 0 aliphatic carbocycles. The fourth-order valence-electron chi connectivity index (χ4n) is 1.30. The van der Waals surface area contributed by atoms with Gasteiger partial charge in [-0.15, -0.1) is 6.42 Å². The highest BCUT2D eigenvalue weighted by Gasteiger charge is 2.11. The standard InChI is InChI=1S/C8H9N3/c1-2-7-5-10-11-4-3-9-6-8(7)11/h1,5,9H,3-4,6H2. The lowest BCUT2D eigenvalue weighted by Crippen LogP contribution is -2.28. The van der Waals surface area contributed by atoms with E-state index in [1.807, 2.05) is 4.68 Å². The van der Waals surface area contributed by atoms with Gasteiger partial charge in [-0.1, -0.05) is 5.92 Å². The van der Waals surface area contributed by atoms with Gasteiger partial charge in [0, 0.05) is 13.1 Å². The van der Waals surface area contributed by atoms with Crippen LogP contribution in [0, 0.1) is 12.3 Å². The summed E-state index contributed by atoms with van der Waals surface area (Å²) in [4.78, 5) is 0. The molecule has 0 atom stereocenters. The first-order valence-electron chi connectivity index (χ1n) is 3.64. The van der Waals surface area contributed by atoms with E-state index in [0.29, 0.717) is 0 Å². The average molecular weight is 147 g/mol. The number of rotatable bonds is 0. The maximum absolute atomic E-state index is 5.29. The Hall–Kier alpha value is -1.27. The Kier molecular flexibility index (Phi) is 1.41. The predicted octanol–water partition coefficient (Wildman–Crippen LogP) is -0.0324. The number of hydrogen-bond acceptors (Lipinski definition) is 2. The van der Waals surface area contributed by atoms with E-state index in [9.17, 15) is 0 Å². The molecule has 1 aliphatic rings. The summed E-state index contributed by atoms with van der Waals surface area (Å²) in [5.74, 6) is 2.61. The lowest BCUT2D eigenvalue weighted by Gasteiger charge is -2.14. The van der Waals surface area contributed by atoms with Gasteiger partial charge in [-0.3, -0.25) is 4.68 Å². The van der Waals surface area contributed by atoms with Gasteiger partial charge >= 0.3 is 0 Å². The zero-order valence-electron chi connectivity index (χ0n) is 6.17. The van der Waals surface area contributed by atoms with Gasteiger partial charge in [0.15, 0.2) is 0 Å². The first-order valence-corrected chi connectivity index (χ1v) is 3.64. The van der Waals surface area contributed by atoms with Gasteiger partial charge in [-0.2, -0.15) is 5.10 Å². The van der Waals surface area contributed by atoms with Crippen molar-refractivity contribution in [3.8, 4) is 12.3 Å². The van der Waals surface area contributed by atoms with Crippen molar-refractivity contribution in [2.24, 2.45) is 0 Å². The van der Waals surface area contributed by atoms with Gasteiger partial charge in [0.25, 0.3) is 0 Å². The molecule has 2 heterocycles. The third kappa shape index (κ3) is 0.920. The Morgan fingerprint density at radius 1 is 1.73 bits per heavy atom. The lowest BCUT2D eigenvalue weighted by molar-refractivity contribution is 0.475. The van der Waals surface area contributed by atoms with Crippen molar-refractivity contribution < 1.29 is 0 Å². The predicted molar refractivity (Wildman–Crippen MR) is 41.9 cm³/mol. The second-order valence-corrected chi connectivity index (χ2v) is 2.55. The van der Waals surface area contributed by atoms with Crippen molar-refractivity contribution >= 4 is 0 Å². The molecule has 3 nitrogen and oxygen atoms in total. The van der Waals surface area contributed by atoms with Crippen LogP contribution in [-0.4, -0.2) is 16.3 Å². The van der Waals surface area contributed by atoms with Gasteiger partial charge in [-0.05, 0) is 0 Å². The molecule has 56 valence electrons. The van der Waals surface area contributed by atoms with Crippen LogP contribution < -0.4 is 5.32 Å². The molecule has 0 radical (unpaired) electrons. The van der Waals surface area contributed by atoms with Crippen molar-refractivity contribution in [2.75, 3.05) is 6.54 Å². The molecular weight excluding hydrogens is 138 g/mol. The minimum atomic E-state index is 0.847. The van der Waals surface area contributed by atoms with Gasteiger partial charge in [0.2, 0.25) is 0 Å². The fourth-order valence-corrected chi connectivity index (χ4v) is 1.30. The van der Waals surface area contributed by atoms with E-state index in [0.717, 1.165) is 30.9 Å². The van der Waals surface area contributed by atoms with Gasteiger partial charge in [0.1, 0.15) is 0 Å². The molecule has 1 aliphatic heterocycles. The molecule has 0 saturated heterocycles. The minimum absolute atomic E-state index is 0.847. The summed E-state index contributed by atoms with van der Waals surface area (Å²) in [5, 5.41) is 7.41. The van der Waals surface area contributed by atoms with Crippen LogP contribution in [-0.2, 0) is 13.1 Å². The summed E-state index contributed by atoms with van der Waals surface area (Å²) in [5.41, 5.74) is 2.05. The second-order valence-electron chi connectivity index (χ2n) is 2.55. The van der Waals surface area contributed by atoms with Crippen molar-refractivity contribution in [1.82, 2.24) is 15.1 Å². The highest BCUT2D eigenvalue weighted by molar-refractivity contribution is 5.34. The molecule has 11 heavy (non-hydrogen) atoms. The largest absolute Gasteiger partial charge is 0.309 e. The summed E-state index contributed by atoms with van der Waals surface area (Å²) in [6.07, 6.45) is 7.04. The molecule has 0 unspecified atom stereocenters. The Labute approximate surface area is 65.4 Å². The van der Waals surface area contributed by atoms with Crippen molar-refractivity contribution in [1.29, 1.82) is 0 Å². The summed E-state index contributed by atoms with van der Waals surface area (Å²) in [6, 6.07) is 0. The van der Waals surface area contributed by atoms with Crippen LogP contribution in [0.2, 0.25) is 0 Å². The fraction of sp³-hybridized carbons (Fsp3) is 0.375. The number of nitrogens with one attached hydrogen (secondary N) is 1. The van der Waals surface area contributed by atoms with E-state index >= 15 is 0 Å². The monoisotopic (exact) mass is 147 g/mol. The van der Waals surface area contributed by atoms with E-state index in [-0.39, 0.29) is 0 Å². The zero-order valence-corrected chi connectivity index (χ0v) is 6.17. The van der Waals surface area contributed by atoms with Crippen LogP contribution in [0.1, 0.15) is 11.3 Å². The molecule has 0 aromatic carbocycles. The van der Waals surface area contributed by atoms with Crippen molar-refractivity contribution in [3.63, 3.8) is 0 Å². The summed E-state index contributed by atoms with van der Waals surface area (Å²) in [7, 11) is 0. The number of hydrogen-bond donors (Lipinski definition) is 1. The molecule has 1 aromatic heterocycles. The zero-order chi connectivity index (χ0) is 7.68. The third-order valence-corrected chi connectivity index (χ3v) is 1.90. The maximum Gasteiger partial charge on any atom is 0.0679 e. The summed E-state index contributed by atoms with van der Waals surface area (Å²) >= 11 is 0. The van der Waals surface area contributed by atoms with Crippen LogP contribution in [0.4, 0.5) is 0 Å². The van der Waals surface area contributed by atoms with Gasteiger partial charge < -0.3 is 5.32 Å². The highest BCUT2D eigenvalue weighted by atomic mass is 15.3. The molecule has 2 rings (SSSR count). The van der Waals surface area contributed by atoms with E-state index in [1.165, 1.54) is 0 Å². The summed E-state index contributed by atoms with van der Waals surface area (Å²) < 4.78 is 1.96. The molecule has 0 fully saturated rings. The number of nitrogens with zero attached hydrogens (tertiary/aromatic N) is 2. The van der Waals surface area contributed by atoms with E-state index in [4.69, 9.17) is 6.42 Å². The summed E-state index contributed by atoms with van der Waals surface area (Å²) in [6.45, 7) is 2.76. The molecular formula is C8H9N3. The van der Waals surface area contributed by atoms with Crippen LogP contribution in [0.15, 0.2) is 6.20 Å². The Morgan fingerprint density at radius 3 is 3.45 bits per heavy atom. The van der Waals surface area contributed by atoms with Crippen LogP contribution in [0.3, 0.4) is 0 Å². The molecule has 0 saturated carbocycles. The Morgan fingerprint density at radius 2 is 2.64 bits per heavy atom. The number of aromatic nitrogens is 2. The SMILES string of the molecule is C#Cc1cnn2c1CNCC2. The number of terminal acetylenes is 1. The molecule has 1 N–H and O–H groups in total. The smallest absolute Gasteiger partial charge is 0.0679 e. The van der Waals surface area contributed by atoms with Crippen LogP contribution in [0.25, 0.3) is 0 Å². The number of fused-ring (bicyclic) bond motifs is 1. The third-order valence-electron chi connectivity index (χ3n) is 1.90. The van der Waals surface area contributed by atoms with Gasteiger partial charge in [0.05, 0.1) is 24.0 Å². The topological polar surface area (TPSA) is 29.9 Å². The highest BCUT2D eigenvalue weighted by Crippen LogP contribution is 2.09. The normalized spacial score (nSPS) is 15.5. The van der Waals surface area contributed by atoms with E-state index < -0.39 is 0 Å². The van der Waals surface area contributed by atoms with Gasteiger partial charge in [-0.25, -0.2) is 0 Å². The molecule has 0 spiro atoms. The maximum atomic E-state index is 5.29. The quantitative estimate of drug-likeness (QED) is 0.522. The lowest BCUT2D eigenvalue weighted by atomic mass is 10.2. The molecule has 3 heteroatoms. The molecule has 0 amide bonds. The first kappa shape index (κ1) is 6.44. The minimum Gasteiger partial charge on any atom is -0.309 e. The Balaban J connectivity index is 2.48. The average Bonchev–Trinajstić information content (AvgIpc) is 2.47. The van der Waals surface area contributed by atoms with Crippen molar-refractivity contribution in [2.45, 2.75) is 13.1 Å². The first-order chi connectivity index (χ1) is 5.42. The Bertz CT molecular complexity index is 306. The van der Waals surface area contributed by atoms with Crippen LogP contribution >= 0.6 is 0 Å².